The summed E-state index contributed by atoms with van der Waals surface area (Å²) in [5, 5.41) is 19.1. The fourth-order valence-electron chi connectivity index (χ4n) is 3.37. The molecule has 0 bridgehead atoms. The summed E-state index contributed by atoms with van der Waals surface area (Å²) in [6.07, 6.45) is 4.47. The number of fused-ring (bicyclic) bond motifs is 2. The molecule has 0 saturated heterocycles. The van der Waals surface area contributed by atoms with Gasteiger partial charge in [0.1, 0.15) is 5.82 Å². The van der Waals surface area contributed by atoms with Crippen LogP contribution in [0.15, 0.2) is 29.1 Å². The molecule has 26 heavy (non-hydrogen) atoms. The summed E-state index contributed by atoms with van der Waals surface area (Å²) >= 11 is 0. The Morgan fingerprint density at radius 1 is 1.15 bits per heavy atom. The topological polar surface area (TPSA) is 106 Å². The Hall–Kier alpha value is -3.03. The third kappa shape index (κ3) is 3.22. The number of nitrogens with one attached hydrogen (secondary N) is 2. The molecule has 0 aliphatic carbocycles. The van der Waals surface area contributed by atoms with Gasteiger partial charge in [-0.05, 0) is 18.9 Å². The van der Waals surface area contributed by atoms with E-state index in [2.05, 4.69) is 30.3 Å². The fraction of sp³-hybridized carbons (Fsp3) is 0.389. The maximum absolute atomic E-state index is 12.4. The standard InChI is InChI=1S/C18H20N6O2/c25-17(10-14-12-6-3-4-7-13(12)18(26)23-20-14)19-11-16-22-21-15-8-2-1-5-9-24(15)16/h3-4,6-7H,1-2,5,8-11H2,(H,19,25)(H,23,26). The molecule has 1 aliphatic heterocycles. The van der Waals surface area contributed by atoms with Crippen LogP contribution in [0.5, 0.6) is 0 Å². The molecular formula is C18H20N6O2. The van der Waals surface area contributed by atoms with Gasteiger partial charge in [0.15, 0.2) is 5.82 Å². The molecule has 4 rings (SSSR count). The van der Waals surface area contributed by atoms with Crippen LogP contribution in [0.3, 0.4) is 0 Å². The Kier molecular flexibility index (Phi) is 4.47. The lowest BCUT2D eigenvalue weighted by Crippen LogP contribution is -2.27. The lowest BCUT2D eigenvalue weighted by molar-refractivity contribution is -0.120. The fourth-order valence-corrected chi connectivity index (χ4v) is 3.37. The molecule has 0 atom stereocenters. The van der Waals surface area contributed by atoms with Crippen molar-refractivity contribution in [2.24, 2.45) is 0 Å². The van der Waals surface area contributed by atoms with E-state index in [1.165, 1.54) is 6.42 Å². The van der Waals surface area contributed by atoms with Crippen LogP contribution >= 0.6 is 0 Å². The highest BCUT2D eigenvalue weighted by atomic mass is 16.1. The van der Waals surface area contributed by atoms with Gasteiger partial charge in [-0.2, -0.15) is 5.10 Å². The van der Waals surface area contributed by atoms with Crippen LogP contribution < -0.4 is 10.9 Å². The maximum atomic E-state index is 12.4. The summed E-state index contributed by atoms with van der Waals surface area (Å²) in [6, 6.07) is 7.15. The van der Waals surface area contributed by atoms with E-state index < -0.39 is 0 Å². The molecular weight excluding hydrogens is 332 g/mol. The number of hydrogen-bond acceptors (Lipinski definition) is 5. The monoisotopic (exact) mass is 352 g/mol. The highest BCUT2D eigenvalue weighted by Crippen LogP contribution is 2.15. The molecule has 2 N–H and O–H groups in total. The largest absolute Gasteiger partial charge is 0.348 e. The van der Waals surface area contributed by atoms with E-state index in [0.717, 1.165) is 37.5 Å². The second-order valence-electron chi connectivity index (χ2n) is 6.49. The molecule has 0 saturated carbocycles. The maximum Gasteiger partial charge on any atom is 0.272 e. The Morgan fingerprint density at radius 3 is 2.88 bits per heavy atom. The van der Waals surface area contributed by atoms with Gasteiger partial charge in [0.25, 0.3) is 5.56 Å². The van der Waals surface area contributed by atoms with E-state index in [0.29, 0.717) is 23.0 Å². The molecule has 8 nitrogen and oxygen atoms in total. The van der Waals surface area contributed by atoms with Crippen molar-refractivity contribution in [2.45, 2.75) is 45.2 Å². The number of hydrogen-bond donors (Lipinski definition) is 2. The molecule has 2 aromatic heterocycles. The van der Waals surface area contributed by atoms with Gasteiger partial charge < -0.3 is 9.88 Å². The van der Waals surface area contributed by atoms with Gasteiger partial charge in [0.05, 0.1) is 24.0 Å². The lowest BCUT2D eigenvalue weighted by Gasteiger charge is -2.09. The van der Waals surface area contributed by atoms with E-state index in [1.807, 2.05) is 6.07 Å². The first-order chi connectivity index (χ1) is 12.7. The zero-order valence-electron chi connectivity index (χ0n) is 14.4. The van der Waals surface area contributed by atoms with E-state index in [9.17, 15) is 9.59 Å². The van der Waals surface area contributed by atoms with Crippen molar-refractivity contribution in [2.75, 3.05) is 0 Å². The number of H-pyrrole nitrogens is 1. The van der Waals surface area contributed by atoms with Crippen molar-refractivity contribution in [3.63, 3.8) is 0 Å². The van der Waals surface area contributed by atoms with Gasteiger partial charge in [-0.15, -0.1) is 10.2 Å². The number of benzene rings is 1. The average Bonchev–Trinajstić information content (AvgIpc) is 2.89. The summed E-state index contributed by atoms with van der Waals surface area (Å²) in [5.74, 6) is 1.62. The van der Waals surface area contributed by atoms with Crippen LogP contribution in [-0.4, -0.2) is 30.9 Å². The van der Waals surface area contributed by atoms with Gasteiger partial charge in [-0.25, -0.2) is 5.10 Å². The first-order valence-electron chi connectivity index (χ1n) is 8.86. The van der Waals surface area contributed by atoms with Crippen LogP contribution in [0.1, 0.15) is 36.6 Å². The number of carbonyl (C=O) groups is 1. The van der Waals surface area contributed by atoms with Crippen molar-refractivity contribution < 1.29 is 4.79 Å². The molecule has 3 aromatic rings. The molecule has 1 aliphatic rings. The number of aromatic amines is 1. The smallest absolute Gasteiger partial charge is 0.272 e. The van der Waals surface area contributed by atoms with Gasteiger partial charge in [-0.1, -0.05) is 24.6 Å². The zero-order valence-corrected chi connectivity index (χ0v) is 14.4. The zero-order chi connectivity index (χ0) is 17.9. The first kappa shape index (κ1) is 16.4. The van der Waals surface area contributed by atoms with Crippen molar-refractivity contribution in [1.29, 1.82) is 0 Å². The second kappa shape index (κ2) is 7.07. The molecule has 0 spiro atoms. The summed E-state index contributed by atoms with van der Waals surface area (Å²) in [7, 11) is 0. The summed E-state index contributed by atoms with van der Waals surface area (Å²) in [5.41, 5.74) is 0.300. The minimum Gasteiger partial charge on any atom is -0.348 e. The molecule has 134 valence electrons. The lowest BCUT2D eigenvalue weighted by atomic mass is 10.1. The van der Waals surface area contributed by atoms with E-state index in [-0.39, 0.29) is 17.9 Å². The number of nitrogens with zero attached hydrogens (tertiary/aromatic N) is 4. The minimum absolute atomic E-state index is 0.0955. The molecule has 1 amide bonds. The molecule has 1 aromatic carbocycles. The number of amides is 1. The van der Waals surface area contributed by atoms with Crippen LogP contribution in [0, 0.1) is 0 Å². The average molecular weight is 352 g/mol. The van der Waals surface area contributed by atoms with Crippen LogP contribution in [0.25, 0.3) is 10.8 Å². The second-order valence-corrected chi connectivity index (χ2v) is 6.49. The Bertz CT molecular complexity index is 1010. The van der Waals surface area contributed by atoms with Gasteiger partial charge in [0, 0.05) is 18.4 Å². The van der Waals surface area contributed by atoms with E-state index in [1.54, 1.807) is 18.2 Å². The number of rotatable bonds is 4. The highest BCUT2D eigenvalue weighted by molar-refractivity contribution is 5.88. The Labute approximate surface area is 149 Å². The summed E-state index contributed by atoms with van der Waals surface area (Å²) < 4.78 is 2.11. The third-order valence-electron chi connectivity index (χ3n) is 4.73. The molecule has 8 heteroatoms. The predicted molar refractivity (Wildman–Crippen MR) is 95.5 cm³/mol. The van der Waals surface area contributed by atoms with E-state index in [4.69, 9.17) is 0 Å². The molecule has 0 unspecified atom stereocenters. The van der Waals surface area contributed by atoms with Crippen molar-refractivity contribution in [3.8, 4) is 0 Å². The predicted octanol–water partition coefficient (Wildman–Crippen LogP) is 1.10. The van der Waals surface area contributed by atoms with Gasteiger partial charge in [-0.3, -0.25) is 9.59 Å². The molecule has 0 radical (unpaired) electrons. The van der Waals surface area contributed by atoms with E-state index >= 15 is 0 Å². The quantitative estimate of drug-likeness (QED) is 0.731. The van der Waals surface area contributed by atoms with Crippen molar-refractivity contribution >= 4 is 16.7 Å². The molecule has 0 fully saturated rings. The van der Waals surface area contributed by atoms with Gasteiger partial charge in [0.2, 0.25) is 5.91 Å². The summed E-state index contributed by atoms with van der Waals surface area (Å²) in [4.78, 5) is 24.2. The minimum atomic E-state index is -0.254. The molecule has 3 heterocycles. The van der Waals surface area contributed by atoms with Crippen LogP contribution in [0.2, 0.25) is 0 Å². The number of aryl methyl sites for hydroxylation is 1. The number of carbonyl (C=O) groups excluding carboxylic acids is 1. The van der Waals surface area contributed by atoms with Crippen molar-refractivity contribution in [1.82, 2.24) is 30.3 Å². The van der Waals surface area contributed by atoms with Crippen LogP contribution in [0.4, 0.5) is 0 Å². The summed E-state index contributed by atoms with van der Waals surface area (Å²) in [6.45, 7) is 1.24. The van der Waals surface area contributed by atoms with Gasteiger partial charge >= 0.3 is 0 Å². The SMILES string of the molecule is O=C(Cc1n[nH]c(=O)c2ccccc12)NCc1nnc2n1CCCCC2. The first-order valence-corrected chi connectivity index (χ1v) is 8.86. The van der Waals surface area contributed by atoms with Crippen LogP contribution in [-0.2, 0) is 30.7 Å². The Morgan fingerprint density at radius 2 is 2.00 bits per heavy atom. The van der Waals surface area contributed by atoms with Crippen molar-refractivity contribution in [3.05, 3.63) is 52.0 Å². The number of aromatic nitrogens is 5. The highest BCUT2D eigenvalue weighted by Gasteiger charge is 2.16. The third-order valence-corrected chi connectivity index (χ3v) is 4.73. The normalized spacial score (nSPS) is 14.0. The Balaban J connectivity index is 1.46.